The summed E-state index contributed by atoms with van der Waals surface area (Å²) in [6.07, 6.45) is 6.00. The Labute approximate surface area is 358 Å². The fourth-order valence-electron chi connectivity index (χ4n) is 6.89. The first kappa shape index (κ1) is 43.5. The van der Waals surface area contributed by atoms with Gasteiger partial charge in [-0.15, -0.1) is 34.6 Å². The number of benzene rings is 3. The molecule has 0 spiro atoms. The van der Waals surface area contributed by atoms with Crippen molar-refractivity contribution in [2.24, 2.45) is 0 Å². The van der Waals surface area contributed by atoms with Crippen LogP contribution in [0.25, 0.3) is 10.4 Å². The number of imide groups is 2. The Morgan fingerprint density at radius 1 is 0.965 bits per heavy atom. The van der Waals surface area contributed by atoms with Crippen molar-refractivity contribution in [2.75, 3.05) is 25.0 Å². The molecule has 3 aliphatic heterocycles. The third kappa shape index (κ3) is 11.1. The van der Waals surface area contributed by atoms with Crippen LogP contribution >= 0.6 is 11.3 Å². The minimum Gasteiger partial charge on any atom is -0.493 e. The fourth-order valence-corrected chi connectivity index (χ4v) is 7.83. The minimum atomic E-state index is -1.04. The summed E-state index contributed by atoms with van der Waals surface area (Å²) in [6.45, 7) is 6.79. The standard InChI is InChI=1S/C30H29N3O6S.C13H17N2O.Na/c1-2-18-6-3-7-19(16-18)24-13-11-20(40-24)17-31-25(34)10-5-15-39-23-9-4-8-21-27(23)30(38)33(29(21)37)22-12-14-26(35)32-28(22)36;1-10-2-3-13(8-11(10)9-16)15-12-4-6-14-7-5-12;/h3-4,6-9,11,13,16,22H,2,5,10,12,14-15,17H2,1H3,(H,31,34)(H,32,35,36);2-3,8,12,14-15H,4-7H2,1H3;/q;-1;+1. The number of carbonyl (C=O) groups is 5. The van der Waals surface area contributed by atoms with Crippen LogP contribution in [-0.4, -0.2) is 72.5 Å². The number of nitrogens with one attached hydrogen (secondary N) is 4. The number of hydrogen-bond acceptors (Lipinski definition) is 10. The van der Waals surface area contributed by atoms with Crippen molar-refractivity contribution < 1.29 is 63.1 Å². The van der Waals surface area contributed by atoms with Crippen molar-refractivity contribution in [2.45, 2.75) is 77.4 Å². The zero-order valence-corrected chi connectivity index (χ0v) is 35.4. The SMILES string of the molecule is CCc1cccc(-c2ccc(CNC(=O)CCCOc3cccc4c3C(=O)N(C3CCC(=O)NC3=O)C4=O)s2)c1.Cc1ccc(NC2CCNCC2)cc1[C-]=O.[Na+]. The second kappa shape index (κ2) is 20.7. The summed E-state index contributed by atoms with van der Waals surface area (Å²) in [5.41, 5.74) is 5.36. The summed E-state index contributed by atoms with van der Waals surface area (Å²) in [4.78, 5) is 76.1. The molecular formula is C43H46N5NaO7S. The van der Waals surface area contributed by atoms with Crippen molar-refractivity contribution in [1.29, 1.82) is 0 Å². The first-order valence-electron chi connectivity index (χ1n) is 19.0. The predicted octanol–water partition coefficient (Wildman–Crippen LogP) is 2.47. The van der Waals surface area contributed by atoms with E-state index < -0.39 is 29.7 Å². The molecule has 0 aliphatic carbocycles. The summed E-state index contributed by atoms with van der Waals surface area (Å²) in [6, 6.07) is 22.6. The molecular weight excluding hydrogens is 754 g/mol. The molecule has 292 valence electrons. The molecule has 7 rings (SSSR count). The second-order valence-corrected chi connectivity index (χ2v) is 15.1. The van der Waals surface area contributed by atoms with Crippen LogP contribution in [0.2, 0.25) is 0 Å². The average Bonchev–Trinajstić information content (AvgIpc) is 3.79. The summed E-state index contributed by atoms with van der Waals surface area (Å²) in [5.74, 6) is -2.19. The zero-order valence-electron chi connectivity index (χ0n) is 32.6. The molecule has 1 atom stereocenters. The van der Waals surface area contributed by atoms with E-state index in [4.69, 9.17) is 4.74 Å². The molecule has 3 aromatic carbocycles. The quantitative estimate of drug-likeness (QED) is 0.0690. The first-order chi connectivity index (χ1) is 27.1. The molecule has 0 bridgehead atoms. The van der Waals surface area contributed by atoms with E-state index in [0.29, 0.717) is 24.6 Å². The van der Waals surface area contributed by atoms with E-state index in [0.717, 1.165) is 58.3 Å². The van der Waals surface area contributed by atoms with Crippen LogP contribution in [0.3, 0.4) is 0 Å². The summed E-state index contributed by atoms with van der Waals surface area (Å²) in [5, 5.41) is 11.9. The normalized spacial score (nSPS) is 16.5. The maximum Gasteiger partial charge on any atom is 1.00 e. The summed E-state index contributed by atoms with van der Waals surface area (Å²) < 4.78 is 5.80. The molecule has 57 heavy (non-hydrogen) atoms. The Kier molecular flexibility index (Phi) is 15.8. The number of thiophene rings is 1. The van der Waals surface area contributed by atoms with Gasteiger partial charge >= 0.3 is 29.6 Å². The second-order valence-electron chi connectivity index (χ2n) is 14.0. The number of amides is 5. The van der Waals surface area contributed by atoms with E-state index in [9.17, 15) is 28.8 Å². The van der Waals surface area contributed by atoms with E-state index >= 15 is 0 Å². The van der Waals surface area contributed by atoms with Gasteiger partial charge < -0.3 is 25.5 Å². The molecule has 0 saturated carbocycles. The zero-order chi connectivity index (χ0) is 39.6. The van der Waals surface area contributed by atoms with Crippen molar-refractivity contribution in [1.82, 2.24) is 20.9 Å². The monoisotopic (exact) mass is 799 g/mol. The van der Waals surface area contributed by atoms with Gasteiger partial charge in [-0.25, -0.2) is 0 Å². The van der Waals surface area contributed by atoms with Gasteiger partial charge in [-0.1, -0.05) is 50.2 Å². The summed E-state index contributed by atoms with van der Waals surface area (Å²) >= 11 is 1.65. The average molecular weight is 800 g/mol. The smallest absolute Gasteiger partial charge is 0.493 e. The van der Waals surface area contributed by atoms with Gasteiger partial charge in [-0.3, -0.25) is 34.2 Å². The van der Waals surface area contributed by atoms with Crippen LogP contribution in [0.4, 0.5) is 5.69 Å². The van der Waals surface area contributed by atoms with Crippen LogP contribution in [0.5, 0.6) is 5.75 Å². The molecule has 1 unspecified atom stereocenters. The van der Waals surface area contributed by atoms with Gasteiger partial charge in [0.1, 0.15) is 11.8 Å². The van der Waals surface area contributed by atoms with Gasteiger partial charge in [0.15, 0.2) is 0 Å². The molecule has 4 heterocycles. The number of aryl methyl sites for hydroxylation is 2. The molecule has 2 fully saturated rings. The van der Waals surface area contributed by atoms with E-state index in [2.05, 4.69) is 58.5 Å². The molecule has 5 amide bonds. The van der Waals surface area contributed by atoms with E-state index in [-0.39, 0.29) is 78.2 Å². The van der Waals surface area contributed by atoms with Crippen molar-refractivity contribution >= 4 is 52.8 Å². The Bertz CT molecular complexity index is 2110. The largest absolute Gasteiger partial charge is 1.00 e. The number of carbonyl (C=O) groups excluding carboxylic acids is 6. The van der Waals surface area contributed by atoms with Crippen LogP contribution in [0.15, 0.2) is 72.8 Å². The number of anilines is 1. The Morgan fingerprint density at radius 3 is 2.51 bits per heavy atom. The number of rotatable bonds is 13. The molecule has 1 aromatic heterocycles. The number of fused-ring (bicyclic) bond motifs is 1. The number of ether oxygens (including phenoxy) is 1. The van der Waals surface area contributed by atoms with Crippen molar-refractivity contribution in [3.63, 3.8) is 0 Å². The van der Waals surface area contributed by atoms with Crippen LogP contribution in [0, 0.1) is 6.92 Å². The van der Waals surface area contributed by atoms with Gasteiger partial charge in [0.25, 0.3) is 11.8 Å². The molecule has 4 N–H and O–H groups in total. The van der Waals surface area contributed by atoms with E-state index in [1.54, 1.807) is 23.5 Å². The van der Waals surface area contributed by atoms with Crippen molar-refractivity contribution in [3.05, 3.63) is 105 Å². The van der Waals surface area contributed by atoms with Gasteiger partial charge in [-0.2, -0.15) is 0 Å². The third-order valence-corrected chi connectivity index (χ3v) is 11.2. The number of nitrogens with zero attached hydrogens (tertiary/aromatic N) is 1. The Balaban J connectivity index is 0.000000305. The predicted molar refractivity (Wildman–Crippen MR) is 214 cm³/mol. The topological polar surface area (TPSA) is 163 Å². The molecule has 4 aromatic rings. The van der Waals surface area contributed by atoms with Gasteiger partial charge in [-0.05, 0) is 86.3 Å². The molecule has 3 aliphatic rings. The van der Waals surface area contributed by atoms with Crippen LogP contribution < -0.4 is 55.6 Å². The molecule has 2 saturated heterocycles. The maximum atomic E-state index is 13.1. The fraction of sp³-hybridized carbons (Fsp3) is 0.349. The van der Waals surface area contributed by atoms with Gasteiger partial charge in [0.05, 0.1) is 30.6 Å². The Morgan fingerprint density at radius 2 is 1.75 bits per heavy atom. The van der Waals surface area contributed by atoms with Crippen LogP contribution in [0.1, 0.15) is 87.7 Å². The molecule has 12 nitrogen and oxygen atoms in total. The van der Waals surface area contributed by atoms with E-state index in [1.807, 2.05) is 37.5 Å². The number of hydrogen-bond donors (Lipinski definition) is 4. The maximum absolute atomic E-state index is 13.1. The Hall–Kier alpha value is -4.66. The van der Waals surface area contributed by atoms with Crippen LogP contribution in [-0.2, 0) is 32.1 Å². The minimum absolute atomic E-state index is 0. The molecule has 0 radical (unpaired) electrons. The van der Waals surface area contributed by atoms with Gasteiger partial charge in [0, 0.05) is 28.6 Å². The first-order valence-corrected chi connectivity index (χ1v) is 19.8. The third-order valence-electron chi connectivity index (χ3n) is 10.0. The van der Waals surface area contributed by atoms with Gasteiger partial charge in [0.2, 0.25) is 17.7 Å². The molecule has 14 heteroatoms. The van der Waals surface area contributed by atoms with E-state index in [1.165, 1.54) is 17.2 Å². The van der Waals surface area contributed by atoms with Crippen molar-refractivity contribution in [3.8, 4) is 16.2 Å². The summed E-state index contributed by atoms with van der Waals surface area (Å²) in [7, 11) is 0. The number of piperidine rings is 2.